The largest absolute Gasteiger partial charge is 0.452 e. The topological polar surface area (TPSA) is 81.2 Å². The first-order valence-corrected chi connectivity index (χ1v) is 8.87. The molecule has 2 aromatic heterocycles. The van der Waals surface area contributed by atoms with E-state index in [0.717, 1.165) is 15.7 Å². The van der Waals surface area contributed by atoms with Crippen molar-refractivity contribution in [3.05, 3.63) is 64.2 Å². The molecular formula is C17H12BrN3O3S. The summed E-state index contributed by atoms with van der Waals surface area (Å²) < 4.78 is 5.90. The summed E-state index contributed by atoms with van der Waals surface area (Å²) >= 11 is 4.71. The lowest BCUT2D eigenvalue weighted by Crippen LogP contribution is -2.20. The van der Waals surface area contributed by atoms with E-state index in [1.54, 1.807) is 18.3 Å². The molecule has 25 heavy (non-hydrogen) atoms. The van der Waals surface area contributed by atoms with E-state index >= 15 is 0 Å². The Balaban J connectivity index is 1.56. The first kappa shape index (κ1) is 17.2. The van der Waals surface area contributed by atoms with Gasteiger partial charge >= 0.3 is 5.97 Å². The van der Waals surface area contributed by atoms with Crippen molar-refractivity contribution in [3.63, 3.8) is 0 Å². The Bertz CT molecular complexity index is 899. The molecule has 1 N–H and O–H groups in total. The van der Waals surface area contributed by atoms with Gasteiger partial charge < -0.3 is 4.74 Å². The van der Waals surface area contributed by atoms with Crippen molar-refractivity contribution in [2.75, 3.05) is 11.9 Å². The number of hydrogen-bond acceptors (Lipinski definition) is 6. The minimum Gasteiger partial charge on any atom is -0.452 e. The maximum atomic E-state index is 11.9. The van der Waals surface area contributed by atoms with Crippen LogP contribution in [0.25, 0.3) is 11.3 Å². The van der Waals surface area contributed by atoms with E-state index in [-0.39, 0.29) is 6.61 Å². The van der Waals surface area contributed by atoms with Gasteiger partial charge in [-0.15, -0.1) is 11.3 Å². The van der Waals surface area contributed by atoms with Crippen LogP contribution in [-0.4, -0.2) is 28.5 Å². The molecule has 0 saturated carbocycles. The molecule has 8 heteroatoms. The fourth-order valence-corrected chi connectivity index (χ4v) is 3.10. The Kier molecular flexibility index (Phi) is 5.52. The number of nitrogens with one attached hydrogen (secondary N) is 1. The number of halogens is 1. The molecule has 0 aliphatic carbocycles. The molecule has 0 aliphatic rings. The van der Waals surface area contributed by atoms with Gasteiger partial charge in [0.05, 0.1) is 11.3 Å². The third-order valence-corrected chi connectivity index (χ3v) is 4.35. The lowest BCUT2D eigenvalue weighted by atomic mass is 10.2. The predicted octanol–water partition coefficient (Wildman–Crippen LogP) is 3.76. The highest BCUT2D eigenvalue weighted by molar-refractivity contribution is 9.10. The summed E-state index contributed by atoms with van der Waals surface area (Å²) in [7, 11) is 0. The molecule has 0 spiro atoms. The second-order valence-electron chi connectivity index (χ2n) is 4.91. The molecule has 0 bridgehead atoms. The number of ether oxygens (including phenoxy) is 1. The zero-order valence-electron chi connectivity index (χ0n) is 12.8. The van der Waals surface area contributed by atoms with E-state index < -0.39 is 11.9 Å². The molecule has 3 rings (SSSR count). The molecule has 6 nitrogen and oxygen atoms in total. The molecule has 0 saturated heterocycles. The highest BCUT2D eigenvalue weighted by Crippen LogP contribution is 2.26. The van der Waals surface area contributed by atoms with Gasteiger partial charge in [0.25, 0.3) is 5.91 Å². The third-order valence-electron chi connectivity index (χ3n) is 3.10. The van der Waals surface area contributed by atoms with Crippen LogP contribution in [-0.2, 0) is 9.53 Å². The van der Waals surface area contributed by atoms with E-state index in [0.29, 0.717) is 10.7 Å². The molecule has 1 aromatic carbocycles. The van der Waals surface area contributed by atoms with Crippen molar-refractivity contribution in [3.8, 4) is 11.3 Å². The van der Waals surface area contributed by atoms with E-state index in [4.69, 9.17) is 4.74 Å². The number of rotatable bonds is 5. The maximum Gasteiger partial charge on any atom is 0.340 e. The number of amides is 1. The van der Waals surface area contributed by atoms with Gasteiger partial charge in [0, 0.05) is 27.8 Å². The fraction of sp³-hybridized carbons (Fsp3) is 0.0588. The number of hydrogen-bond donors (Lipinski definition) is 1. The number of anilines is 1. The van der Waals surface area contributed by atoms with Gasteiger partial charge in [-0.2, -0.15) is 0 Å². The van der Waals surface area contributed by atoms with Crippen LogP contribution in [0.5, 0.6) is 0 Å². The Labute approximate surface area is 156 Å². The summed E-state index contributed by atoms with van der Waals surface area (Å²) in [4.78, 5) is 31.9. The predicted molar refractivity (Wildman–Crippen MR) is 98.4 cm³/mol. The standard InChI is InChI=1S/C17H12BrN3O3S/c18-13-5-1-3-11(7-13)14-10-25-17(20-14)21-15(22)9-24-16(23)12-4-2-6-19-8-12/h1-8,10H,9H2,(H,20,21,22). The highest BCUT2D eigenvalue weighted by atomic mass is 79.9. The first-order chi connectivity index (χ1) is 12.1. The van der Waals surface area contributed by atoms with Gasteiger partial charge in [0.1, 0.15) is 0 Å². The molecule has 0 aliphatic heterocycles. The summed E-state index contributed by atoms with van der Waals surface area (Å²) in [6.45, 7) is -0.389. The summed E-state index contributed by atoms with van der Waals surface area (Å²) in [5, 5.41) is 4.91. The lowest BCUT2D eigenvalue weighted by Gasteiger charge is -2.04. The number of nitrogens with zero attached hydrogens (tertiary/aromatic N) is 2. The molecule has 2 heterocycles. The van der Waals surface area contributed by atoms with Crippen LogP contribution >= 0.6 is 27.3 Å². The lowest BCUT2D eigenvalue weighted by molar-refractivity contribution is -0.119. The van der Waals surface area contributed by atoms with Gasteiger partial charge in [-0.3, -0.25) is 15.1 Å². The molecule has 0 fully saturated rings. The number of esters is 1. The average molecular weight is 418 g/mol. The second kappa shape index (κ2) is 8.00. The number of thiazole rings is 1. The van der Waals surface area contributed by atoms with Crippen LogP contribution < -0.4 is 5.32 Å². The minimum absolute atomic E-state index is 0.293. The van der Waals surface area contributed by atoms with Crippen molar-refractivity contribution in [2.24, 2.45) is 0 Å². The zero-order chi connectivity index (χ0) is 17.6. The number of carbonyl (C=O) groups is 2. The van der Waals surface area contributed by atoms with Crippen molar-refractivity contribution >= 4 is 44.3 Å². The molecule has 0 atom stereocenters. The number of pyridine rings is 1. The van der Waals surface area contributed by atoms with Crippen molar-refractivity contribution in [1.82, 2.24) is 9.97 Å². The Morgan fingerprint density at radius 1 is 1.24 bits per heavy atom. The van der Waals surface area contributed by atoms with E-state index in [1.165, 1.54) is 17.5 Å². The SMILES string of the molecule is O=C(COC(=O)c1cccnc1)Nc1nc(-c2cccc(Br)c2)cs1. The number of aromatic nitrogens is 2. The van der Waals surface area contributed by atoms with Gasteiger partial charge in [0.2, 0.25) is 0 Å². The monoisotopic (exact) mass is 417 g/mol. The molecule has 3 aromatic rings. The van der Waals surface area contributed by atoms with E-state index in [1.807, 2.05) is 29.6 Å². The van der Waals surface area contributed by atoms with Gasteiger partial charge in [-0.05, 0) is 24.3 Å². The molecular weight excluding hydrogens is 406 g/mol. The van der Waals surface area contributed by atoms with Crippen LogP contribution in [0.3, 0.4) is 0 Å². The second-order valence-corrected chi connectivity index (χ2v) is 6.69. The van der Waals surface area contributed by atoms with Crippen LogP contribution in [0.4, 0.5) is 5.13 Å². The molecule has 0 unspecified atom stereocenters. The number of carbonyl (C=O) groups excluding carboxylic acids is 2. The molecule has 0 radical (unpaired) electrons. The van der Waals surface area contributed by atoms with Crippen LogP contribution in [0, 0.1) is 0 Å². The molecule has 1 amide bonds. The van der Waals surface area contributed by atoms with Gasteiger partial charge in [-0.1, -0.05) is 28.1 Å². The molecule has 126 valence electrons. The van der Waals surface area contributed by atoms with Crippen LogP contribution in [0.2, 0.25) is 0 Å². The van der Waals surface area contributed by atoms with E-state index in [2.05, 4.69) is 31.2 Å². The van der Waals surface area contributed by atoms with E-state index in [9.17, 15) is 9.59 Å². The Morgan fingerprint density at radius 3 is 2.88 bits per heavy atom. The fourth-order valence-electron chi connectivity index (χ4n) is 1.96. The summed E-state index contributed by atoms with van der Waals surface area (Å²) in [6.07, 6.45) is 2.93. The van der Waals surface area contributed by atoms with Crippen molar-refractivity contribution in [2.45, 2.75) is 0 Å². The Morgan fingerprint density at radius 2 is 2.12 bits per heavy atom. The summed E-state index contributed by atoms with van der Waals surface area (Å²) in [5.74, 6) is -1.05. The third kappa shape index (κ3) is 4.71. The number of benzene rings is 1. The summed E-state index contributed by atoms with van der Waals surface area (Å²) in [6, 6.07) is 10.9. The van der Waals surface area contributed by atoms with Crippen LogP contribution in [0.1, 0.15) is 10.4 Å². The van der Waals surface area contributed by atoms with Gasteiger partial charge in [-0.25, -0.2) is 9.78 Å². The quantitative estimate of drug-likeness (QED) is 0.639. The summed E-state index contributed by atoms with van der Waals surface area (Å²) in [5.41, 5.74) is 1.99. The maximum absolute atomic E-state index is 11.9. The average Bonchev–Trinajstić information content (AvgIpc) is 3.09. The smallest absolute Gasteiger partial charge is 0.340 e. The normalized spacial score (nSPS) is 10.3. The van der Waals surface area contributed by atoms with Gasteiger partial charge in [0.15, 0.2) is 11.7 Å². The van der Waals surface area contributed by atoms with Crippen molar-refractivity contribution in [1.29, 1.82) is 0 Å². The van der Waals surface area contributed by atoms with Crippen LogP contribution in [0.15, 0.2) is 58.6 Å². The minimum atomic E-state index is -0.600. The zero-order valence-corrected chi connectivity index (χ0v) is 15.2. The highest BCUT2D eigenvalue weighted by Gasteiger charge is 2.12. The van der Waals surface area contributed by atoms with Crippen molar-refractivity contribution < 1.29 is 14.3 Å². The Hall–Kier alpha value is -2.58. The first-order valence-electron chi connectivity index (χ1n) is 7.20.